The number of pyridine rings is 2. The highest BCUT2D eigenvalue weighted by atomic mass is 16.5. The standard InChI is InChI=1S/C22H25N3O3/c1-14-8-21(24-22-18(14)10-17(27-2)11-20(22)28-3)25-12-15(19(26)13-25)9-16-6-4-5-7-23-16/h4-8,10-11,15,19,26H,9,12-13H2,1-3H3/t15-,19-/m1/s1. The van der Waals surface area contributed by atoms with Crippen LogP contribution in [0.4, 0.5) is 5.82 Å². The second-order valence-corrected chi connectivity index (χ2v) is 7.28. The zero-order valence-electron chi connectivity index (χ0n) is 16.4. The number of aliphatic hydroxyl groups excluding tert-OH is 1. The third kappa shape index (κ3) is 3.47. The van der Waals surface area contributed by atoms with Crippen LogP contribution in [0.1, 0.15) is 11.3 Å². The summed E-state index contributed by atoms with van der Waals surface area (Å²) in [5.41, 5.74) is 2.91. The van der Waals surface area contributed by atoms with Gasteiger partial charge in [0.1, 0.15) is 22.8 Å². The molecule has 3 aromatic rings. The molecule has 0 radical (unpaired) electrons. The Kier molecular flexibility index (Phi) is 5.05. The Morgan fingerprint density at radius 2 is 2.00 bits per heavy atom. The van der Waals surface area contributed by atoms with E-state index in [0.29, 0.717) is 12.3 Å². The molecular weight excluding hydrogens is 354 g/mol. The van der Waals surface area contributed by atoms with Crippen molar-refractivity contribution < 1.29 is 14.6 Å². The zero-order chi connectivity index (χ0) is 19.7. The van der Waals surface area contributed by atoms with Crippen molar-refractivity contribution in [3.8, 4) is 11.5 Å². The first-order valence-corrected chi connectivity index (χ1v) is 9.45. The largest absolute Gasteiger partial charge is 0.497 e. The molecule has 1 aromatic carbocycles. The zero-order valence-corrected chi connectivity index (χ0v) is 16.4. The number of anilines is 1. The highest BCUT2D eigenvalue weighted by molar-refractivity contribution is 5.90. The number of methoxy groups -OCH3 is 2. The summed E-state index contributed by atoms with van der Waals surface area (Å²) in [5.74, 6) is 2.42. The van der Waals surface area contributed by atoms with Crippen molar-refractivity contribution in [1.82, 2.24) is 9.97 Å². The summed E-state index contributed by atoms with van der Waals surface area (Å²) >= 11 is 0. The van der Waals surface area contributed by atoms with Gasteiger partial charge in [-0.25, -0.2) is 4.98 Å². The van der Waals surface area contributed by atoms with Crippen molar-refractivity contribution >= 4 is 16.7 Å². The molecule has 2 aromatic heterocycles. The molecular formula is C22H25N3O3. The predicted molar refractivity (Wildman–Crippen MR) is 109 cm³/mol. The number of fused-ring (bicyclic) bond motifs is 1. The molecule has 28 heavy (non-hydrogen) atoms. The first-order chi connectivity index (χ1) is 13.6. The summed E-state index contributed by atoms with van der Waals surface area (Å²) in [7, 11) is 3.28. The molecule has 0 bridgehead atoms. The van der Waals surface area contributed by atoms with Crippen LogP contribution in [0.15, 0.2) is 42.6 Å². The van der Waals surface area contributed by atoms with E-state index in [2.05, 4.69) is 22.9 Å². The van der Waals surface area contributed by atoms with Crippen molar-refractivity contribution in [3.05, 3.63) is 53.9 Å². The molecule has 0 saturated carbocycles. The highest BCUT2D eigenvalue weighted by Gasteiger charge is 2.32. The van der Waals surface area contributed by atoms with Crippen LogP contribution in [0, 0.1) is 12.8 Å². The van der Waals surface area contributed by atoms with Crippen molar-refractivity contribution in [3.63, 3.8) is 0 Å². The van der Waals surface area contributed by atoms with E-state index in [1.165, 1.54) is 0 Å². The first kappa shape index (κ1) is 18.5. The monoisotopic (exact) mass is 379 g/mol. The second-order valence-electron chi connectivity index (χ2n) is 7.28. The van der Waals surface area contributed by atoms with Crippen molar-refractivity contribution in [2.75, 3.05) is 32.2 Å². The van der Waals surface area contributed by atoms with E-state index in [4.69, 9.17) is 14.5 Å². The number of aliphatic hydroxyl groups is 1. The average Bonchev–Trinajstić information content (AvgIpc) is 3.08. The SMILES string of the molecule is COc1cc(OC)c2nc(N3C[C@@H](Cc4ccccn4)[C@H](O)C3)cc(C)c2c1. The quantitative estimate of drug-likeness (QED) is 0.735. The maximum Gasteiger partial charge on any atom is 0.148 e. The Morgan fingerprint density at radius 3 is 2.71 bits per heavy atom. The summed E-state index contributed by atoms with van der Waals surface area (Å²) in [5, 5.41) is 11.6. The minimum Gasteiger partial charge on any atom is -0.497 e. The number of nitrogens with zero attached hydrogens (tertiary/aromatic N) is 3. The van der Waals surface area contributed by atoms with Crippen molar-refractivity contribution in [1.29, 1.82) is 0 Å². The van der Waals surface area contributed by atoms with Gasteiger partial charge in [0.15, 0.2) is 0 Å². The molecule has 0 unspecified atom stereocenters. The van der Waals surface area contributed by atoms with E-state index in [0.717, 1.165) is 46.7 Å². The lowest BCUT2D eigenvalue weighted by Crippen LogP contribution is -2.22. The van der Waals surface area contributed by atoms with Gasteiger partial charge in [-0.15, -0.1) is 0 Å². The molecule has 6 nitrogen and oxygen atoms in total. The number of benzene rings is 1. The lowest BCUT2D eigenvalue weighted by molar-refractivity contribution is 0.148. The van der Waals surface area contributed by atoms with E-state index in [9.17, 15) is 5.11 Å². The molecule has 0 amide bonds. The topological polar surface area (TPSA) is 67.7 Å². The predicted octanol–water partition coefficient (Wildman–Crippen LogP) is 3.00. The molecule has 3 heterocycles. The fraction of sp³-hybridized carbons (Fsp3) is 0.364. The first-order valence-electron chi connectivity index (χ1n) is 9.45. The summed E-state index contributed by atoms with van der Waals surface area (Å²) in [6.07, 6.45) is 2.15. The van der Waals surface area contributed by atoms with Crippen LogP contribution in [0.25, 0.3) is 10.9 Å². The van der Waals surface area contributed by atoms with Crippen LogP contribution in [0.3, 0.4) is 0 Å². The summed E-state index contributed by atoms with van der Waals surface area (Å²) in [4.78, 5) is 11.4. The van der Waals surface area contributed by atoms with Gasteiger partial charge in [-0.1, -0.05) is 6.07 Å². The maximum atomic E-state index is 10.6. The minimum absolute atomic E-state index is 0.130. The lowest BCUT2D eigenvalue weighted by Gasteiger charge is -2.19. The van der Waals surface area contributed by atoms with Gasteiger partial charge >= 0.3 is 0 Å². The van der Waals surface area contributed by atoms with E-state index in [1.807, 2.05) is 30.3 Å². The van der Waals surface area contributed by atoms with Gasteiger partial charge in [0.25, 0.3) is 0 Å². The second kappa shape index (κ2) is 7.64. The van der Waals surface area contributed by atoms with Crippen LogP contribution >= 0.6 is 0 Å². The van der Waals surface area contributed by atoms with Gasteiger partial charge in [0, 0.05) is 42.4 Å². The molecule has 1 N–H and O–H groups in total. The molecule has 4 rings (SSSR count). The molecule has 1 fully saturated rings. The average molecular weight is 379 g/mol. The lowest BCUT2D eigenvalue weighted by atomic mass is 10.00. The van der Waals surface area contributed by atoms with Crippen LogP contribution < -0.4 is 14.4 Å². The summed E-state index contributed by atoms with van der Waals surface area (Å²) < 4.78 is 10.9. The third-order valence-corrected chi connectivity index (χ3v) is 5.43. The van der Waals surface area contributed by atoms with Crippen molar-refractivity contribution in [2.45, 2.75) is 19.4 Å². The smallest absolute Gasteiger partial charge is 0.148 e. The molecule has 1 aliphatic rings. The number of aromatic nitrogens is 2. The molecule has 0 spiro atoms. The van der Waals surface area contributed by atoms with Crippen molar-refractivity contribution in [2.24, 2.45) is 5.92 Å². The Bertz CT molecular complexity index is 978. The van der Waals surface area contributed by atoms with E-state index >= 15 is 0 Å². The van der Waals surface area contributed by atoms with Gasteiger partial charge in [-0.2, -0.15) is 0 Å². The van der Waals surface area contributed by atoms with Gasteiger partial charge in [0.05, 0.1) is 20.3 Å². The number of hydrogen-bond donors (Lipinski definition) is 1. The fourth-order valence-corrected chi connectivity index (χ4v) is 3.88. The summed E-state index contributed by atoms with van der Waals surface area (Å²) in [6.45, 7) is 3.37. The van der Waals surface area contributed by atoms with E-state index in [1.54, 1.807) is 20.4 Å². The fourth-order valence-electron chi connectivity index (χ4n) is 3.88. The van der Waals surface area contributed by atoms with Crippen LogP contribution in [0.2, 0.25) is 0 Å². The van der Waals surface area contributed by atoms with Crippen LogP contribution in [0.5, 0.6) is 11.5 Å². The number of ether oxygens (including phenoxy) is 2. The Morgan fingerprint density at radius 1 is 1.14 bits per heavy atom. The Balaban J connectivity index is 1.64. The van der Waals surface area contributed by atoms with Crippen LogP contribution in [-0.4, -0.2) is 48.5 Å². The number of rotatable bonds is 5. The van der Waals surface area contributed by atoms with Gasteiger partial charge < -0.3 is 19.5 Å². The molecule has 1 aliphatic heterocycles. The van der Waals surface area contributed by atoms with Gasteiger partial charge in [-0.05, 0) is 43.2 Å². The normalized spacial score (nSPS) is 19.2. The Labute approximate surface area is 164 Å². The Hall–Kier alpha value is -2.86. The van der Waals surface area contributed by atoms with E-state index in [-0.39, 0.29) is 5.92 Å². The number of hydrogen-bond acceptors (Lipinski definition) is 6. The molecule has 6 heteroatoms. The minimum atomic E-state index is -0.405. The molecule has 146 valence electrons. The van der Waals surface area contributed by atoms with E-state index < -0.39 is 6.10 Å². The third-order valence-electron chi connectivity index (χ3n) is 5.43. The van der Waals surface area contributed by atoms with Gasteiger partial charge in [0.2, 0.25) is 0 Å². The van der Waals surface area contributed by atoms with Gasteiger partial charge in [-0.3, -0.25) is 4.98 Å². The number of β-amino-alcohol motifs (C(OH)–C–C–N with tert-alkyl or cyclic N) is 1. The molecule has 1 saturated heterocycles. The van der Waals surface area contributed by atoms with Crippen LogP contribution in [-0.2, 0) is 6.42 Å². The maximum absolute atomic E-state index is 10.6. The highest BCUT2D eigenvalue weighted by Crippen LogP contribution is 2.35. The number of aryl methyl sites for hydroxylation is 1. The molecule has 2 atom stereocenters. The molecule has 0 aliphatic carbocycles. The summed E-state index contributed by atoms with van der Waals surface area (Å²) in [6, 6.07) is 11.8.